The second kappa shape index (κ2) is 8.40. The zero-order valence-corrected chi connectivity index (χ0v) is 17.6. The predicted molar refractivity (Wildman–Crippen MR) is 112 cm³/mol. The Kier molecular flexibility index (Phi) is 6.17. The van der Waals surface area contributed by atoms with E-state index in [2.05, 4.69) is 40.2 Å². The quantitative estimate of drug-likeness (QED) is 0.757. The van der Waals surface area contributed by atoms with E-state index >= 15 is 0 Å². The molecule has 1 aliphatic carbocycles. The molecule has 1 fully saturated rings. The molecule has 5 nitrogen and oxygen atoms in total. The maximum Gasteiger partial charge on any atom is 0.251 e. The lowest BCUT2D eigenvalue weighted by Gasteiger charge is -2.19. The monoisotopic (exact) mass is 386 g/mol. The summed E-state index contributed by atoms with van der Waals surface area (Å²) in [6, 6.07) is 8.35. The van der Waals surface area contributed by atoms with Gasteiger partial charge >= 0.3 is 0 Å². The molecule has 1 saturated carbocycles. The Balaban J connectivity index is 1.72. The third kappa shape index (κ3) is 4.17. The molecule has 0 atom stereocenters. The molecule has 0 saturated heterocycles. The molecule has 1 aliphatic rings. The molecule has 0 radical (unpaired) electrons. The Labute approximate surface area is 167 Å². The van der Waals surface area contributed by atoms with Crippen molar-refractivity contribution in [2.75, 3.05) is 14.1 Å². The zero-order valence-electron chi connectivity index (χ0n) is 16.8. The van der Waals surface area contributed by atoms with Crippen LogP contribution in [-0.2, 0) is 13.2 Å². The average Bonchev–Trinajstić information content (AvgIpc) is 3.25. The van der Waals surface area contributed by atoms with Gasteiger partial charge in [0.2, 0.25) is 0 Å². The van der Waals surface area contributed by atoms with Crippen LogP contribution in [0.3, 0.4) is 0 Å². The highest BCUT2D eigenvalue weighted by Crippen LogP contribution is 2.32. The fourth-order valence-electron chi connectivity index (χ4n) is 4.05. The third-order valence-corrected chi connectivity index (χ3v) is 6.11. The highest BCUT2D eigenvalue weighted by molar-refractivity contribution is 7.71. The third-order valence-electron chi connectivity index (χ3n) is 5.70. The largest absolute Gasteiger partial charge is 0.355 e. The van der Waals surface area contributed by atoms with Gasteiger partial charge in [0.05, 0.1) is 6.67 Å². The van der Waals surface area contributed by atoms with Crippen molar-refractivity contribution in [2.24, 2.45) is 0 Å². The van der Waals surface area contributed by atoms with Crippen molar-refractivity contribution in [3.63, 3.8) is 0 Å². The molecular formula is C21H30N4OS. The highest BCUT2D eigenvalue weighted by atomic mass is 32.1. The van der Waals surface area contributed by atoms with Crippen molar-refractivity contribution in [3.05, 3.63) is 51.6 Å². The normalized spacial score (nSPS) is 14.9. The van der Waals surface area contributed by atoms with E-state index in [-0.39, 0.29) is 5.91 Å². The van der Waals surface area contributed by atoms with Crippen molar-refractivity contribution in [2.45, 2.75) is 58.8 Å². The Bertz CT molecular complexity index is 860. The molecule has 1 aromatic heterocycles. The molecule has 1 N–H and O–H groups in total. The van der Waals surface area contributed by atoms with Crippen LogP contribution in [0.15, 0.2) is 24.3 Å². The minimum Gasteiger partial charge on any atom is -0.355 e. The van der Waals surface area contributed by atoms with Gasteiger partial charge in [-0.25, -0.2) is 0 Å². The second-order valence-electron chi connectivity index (χ2n) is 7.62. The molecule has 1 heterocycles. The number of amides is 1. The maximum absolute atomic E-state index is 11.7. The molecule has 0 spiro atoms. The smallest absolute Gasteiger partial charge is 0.251 e. The number of imidazole rings is 1. The summed E-state index contributed by atoms with van der Waals surface area (Å²) < 4.78 is 5.57. The van der Waals surface area contributed by atoms with Gasteiger partial charge in [-0.1, -0.05) is 25.0 Å². The number of aromatic nitrogens is 2. The van der Waals surface area contributed by atoms with Gasteiger partial charge in [0.15, 0.2) is 4.77 Å². The van der Waals surface area contributed by atoms with Crippen LogP contribution in [0.1, 0.15) is 59.0 Å². The molecule has 0 unspecified atom stereocenters. The van der Waals surface area contributed by atoms with E-state index in [1.807, 2.05) is 24.3 Å². The summed E-state index contributed by atoms with van der Waals surface area (Å²) >= 11 is 5.83. The van der Waals surface area contributed by atoms with E-state index < -0.39 is 0 Å². The van der Waals surface area contributed by atoms with Gasteiger partial charge in [-0.15, -0.1) is 0 Å². The van der Waals surface area contributed by atoms with Crippen LogP contribution in [0, 0.1) is 18.6 Å². The fraction of sp³-hybridized carbons (Fsp3) is 0.524. The van der Waals surface area contributed by atoms with Crippen molar-refractivity contribution in [1.82, 2.24) is 19.4 Å². The summed E-state index contributed by atoms with van der Waals surface area (Å²) in [7, 11) is 3.76. The number of rotatable bonds is 6. The van der Waals surface area contributed by atoms with Gasteiger partial charge < -0.3 is 14.5 Å². The lowest BCUT2D eigenvalue weighted by Crippen LogP contribution is -2.23. The summed E-state index contributed by atoms with van der Waals surface area (Å²) in [6.45, 7) is 5.94. The van der Waals surface area contributed by atoms with Crippen LogP contribution in [-0.4, -0.2) is 34.0 Å². The number of carbonyl (C=O) groups is 1. The lowest BCUT2D eigenvalue weighted by molar-refractivity contribution is 0.0963. The molecule has 1 aromatic carbocycles. The van der Waals surface area contributed by atoms with Crippen molar-refractivity contribution in [1.29, 1.82) is 0 Å². The Hall–Kier alpha value is -1.92. The molecule has 0 aliphatic heterocycles. The number of nitrogens with one attached hydrogen (secondary N) is 1. The minimum absolute atomic E-state index is 0.0550. The van der Waals surface area contributed by atoms with Gasteiger partial charge in [0.25, 0.3) is 5.91 Å². The van der Waals surface area contributed by atoms with Crippen molar-refractivity contribution >= 4 is 18.1 Å². The molecule has 146 valence electrons. The molecule has 1 amide bonds. The SMILES string of the molecule is CNC(=O)c1ccc(CN(C)Cn2c(C)c(C)n(C3CCCC3)c2=S)cc1. The maximum atomic E-state index is 11.7. The van der Waals surface area contributed by atoms with E-state index in [9.17, 15) is 4.79 Å². The lowest BCUT2D eigenvalue weighted by atomic mass is 10.1. The Morgan fingerprint density at radius 2 is 1.81 bits per heavy atom. The fourth-order valence-corrected chi connectivity index (χ4v) is 4.54. The van der Waals surface area contributed by atoms with Crippen LogP contribution < -0.4 is 5.32 Å². The van der Waals surface area contributed by atoms with Gasteiger partial charge in [0.1, 0.15) is 0 Å². The van der Waals surface area contributed by atoms with E-state index in [0.29, 0.717) is 11.6 Å². The van der Waals surface area contributed by atoms with E-state index in [0.717, 1.165) is 18.0 Å². The number of hydrogen-bond donors (Lipinski definition) is 1. The Morgan fingerprint density at radius 3 is 2.41 bits per heavy atom. The molecule has 2 aromatic rings. The van der Waals surface area contributed by atoms with Gasteiger partial charge in [-0.2, -0.15) is 0 Å². The predicted octanol–water partition coefficient (Wildman–Crippen LogP) is 4.20. The molecule has 27 heavy (non-hydrogen) atoms. The average molecular weight is 387 g/mol. The van der Waals surface area contributed by atoms with Gasteiger partial charge in [-0.05, 0) is 63.7 Å². The number of nitrogens with zero attached hydrogens (tertiary/aromatic N) is 3. The summed E-state index contributed by atoms with van der Waals surface area (Å²) in [5.74, 6) is -0.0550. The second-order valence-corrected chi connectivity index (χ2v) is 7.99. The first kappa shape index (κ1) is 19.8. The van der Waals surface area contributed by atoms with Crippen LogP contribution in [0.2, 0.25) is 0 Å². The summed E-state index contributed by atoms with van der Waals surface area (Å²) in [5.41, 5.74) is 4.43. The van der Waals surface area contributed by atoms with E-state index in [4.69, 9.17) is 12.2 Å². The van der Waals surface area contributed by atoms with Crippen LogP contribution in [0.4, 0.5) is 0 Å². The first-order chi connectivity index (χ1) is 12.9. The highest BCUT2D eigenvalue weighted by Gasteiger charge is 2.22. The van der Waals surface area contributed by atoms with Crippen molar-refractivity contribution in [3.8, 4) is 0 Å². The first-order valence-corrected chi connectivity index (χ1v) is 10.1. The van der Waals surface area contributed by atoms with E-state index in [1.54, 1.807) is 7.05 Å². The van der Waals surface area contributed by atoms with Crippen LogP contribution in [0.25, 0.3) is 0 Å². The Morgan fingerprint density at radius 1 is 1.19 bits per heavy atom. The van der Waals surface area contributed by atoms with Gasteiger partial charge in [-0.3, -0.25) is 9.69 Å². The summed E-state index contributed by atoms with van der Waals surface area (Å²) in [5, 5.41) is 2.65. The standard InChI is InChI=1S/C21H30N4OS/c1-15-16(2)25(19-7-5-6-8-19)21(27)24(15)14-23(4)13-17-9-11-18(12-10-17)20(26)22-3/h9-12,19H,5-8,13-14H2,1-4H3,(H,22,26). The first-order valence-electron chi connectivity index (χ1n) is 9.70. The topological polar surface area (TPSA) is 42.2 Å². The van der Waals surface area contributed by atoms with Crippen LogP contribution in [0.5, 0.6) is 0 Å². The minimum atomic E-state index is -0.0550. The molecule has 6 heteroatoms. The zero-order chi connectivity index (χ0) is 19.6. The molecule has 0 bridgehead atoms. The summed E-state index contributed by atoms with van der Waals surface area (Å²) in [6.07, 6.45) is 5.10. The van der Waals surface area contributed by atoms with Crippen LogP contribution >= 0.6 is 12.2 Å². The van der Waals surface area contributed by atoms with Crippen molar-refractivity contribution < 1.29 is 4.79 Å². The number of carbonyl (C=O) groups excluding carboxylic acids is 1. The molecular weight excluding hydrogens is 356 g/mol. The molecule has 3 rings (SSSR count). The van der Waals surface area contributed by atoms with E-state index in [1.165, 1.54) is 42.6 Å². The van der Waals surface area contributed by atoms with Gasteiger partial charge in [0, 0.05) is 36.6 Å². The number of benzene rings is 1. The number of hydrogen-bond acceptors (Lipinski definition) is 3. The summed E-state index contributed by atoms with van der Waals surface area (Å²) in [4.78, 5) is 13.9.